The zero-order valence-corrected chi connectivity index (χ0v) is 7.98. The molecule has 1 atom stereocenters. The summed E-state index contributed by atoms with van der Waals surface area (Å²) in [6.45, 7) is -0.00926. The van der Waals surface area contributed by atoms with Crippen molar-refractivity contribution in [1.29, 1.82) is 0 Å². The Balaban J connectivity index is 2.29. The topological polar surface area (TPSA) is 66.5 Å². The SMILES string of the molecule is NC(c1cc(CO)ccc1O)C1CC1. The van der Waals surface area contributed by atoms with E-state index in [1.807, 2.05) is 0 Å². The number of aromatic hydroxyl groups is 1. The van der Waals surface area contributed by atoms with Crippen LogP contribution in [0.25, 0.3) is 0 Å². The fourth-order valence-electron chi connectivity index (χ4n) is 1.68. The molecule has 1 saturated carbocycles. The van der Waals surface area contributed by atoms with Gasteiger partial charge in [0.05, 0.1) is 6.61 Å². The van der Waals surface area contributed by atoms with E-state index in [9.17, 15) is 5.11 Å². The molecule has 0 saturated heterocycles. The van der Waals surface area contributed by atoms with Crippen molar-refractivity contribution < 1.29 is 10.2 Å². The molecule has 0 spiro atoms. The van der Waals surface area contributed by atoms with Gasteiger partial charge in [-0.1, -0.05) is 6.07 Å². The Morgan fingerprint density at radius 2 is 2.14 bits per heavy atom. The summed E-state index contributed by atoms with van der Waals surface area (Å²) in [6, 6.07) is 5.02. The van der Waals surface area contributed by atoms with Crippen molar-refractivity contribution in [1.82, 2.24) is 0 Å². The Morgan fingerprint density at radius 3 is 2.71 bits per heavy atom. The number of aliphatic hydroxyl groups is 1. The highest BCUT2D eigenvalue weighted by atomic mass is 16.3. The zero-order chi connectivity index (χ0) is 10.1. The van der Waals surface area contributed by atoms with Crippen LogP contribution >= 0.6 is 0 Å². The molecule has 0 aliphatic heterocycles. The van der Waals surface area contributed by atoms with Crippen LogP contribution in [0.4, 0.5) is 0 Å². The molecular weight excluding hydrogens is 178 g/mol. The summed E-state index contributed by atoms with van der Waals surface area (Å²) in [7, 11) is 0. The molecule has 0 bridgehead atoms. The fourth-order valence-corrected chi connectivity index (χ4v) is 1.68. The molecule has 4 N–H and O–H groups in total. The Hall–Kier alpha value is -1.06. The molecule has 1 aliphatic rings. The second-order valence-electron chi connectivity index (χ2n) is 3.91. The van der Waals surface area contributed by atoms with Gasteiger partial charge in [0, 0.05) is 11.6 Å². The lowest BCUT2D eigenvalue weighted by atomic mass is 10.00. The number of aliphatic hydroxyl groups excluding tert-OH is 1. The quantitative estimate of drug-likeness (QED) is 0.677. The van der Waals surface area contributed by atoms with E-state index in [4.69, 9.17) is 10.8 Å². The van der Waals surface area contributed by atoms with E-state index in [0.29, 0.717) is 5.92 Å². The maximum absolute atomic E-state index is 9.62. The second kappa shape index (κ2) is 3.59. The van der Waals surface area contributed by atoms with Crippen LogP contribution in [-0.2, 0) is 6.61 Å². The highest BCUT2D eigenvalue weighted by Gasteiger charge is 2.30. The number of phenolic OH excluding ortho intramolecular Hbond substituents is 1. The first-order valence-electron chi connectivity index (χ1n) is 4.90. The van der Waals surface area contributed by atoms with Crippen molar-refractivity contribution in [2.75, 3.05) is 0 Å². The first-order valence-corrected chi connectivity index (χ1v) is 4.90. The summed E-state index contributed by atoms with van der Waals surface area (Å²) >= 11 is 0. The minimum Gasteiger partial charge on any atom is -0.508 e. The molecule has 1 aromatic carbocycles. The van der Waals surface area contributed by atoms with Gasteiger partial charge < -0.3 is 15.9 Å². The van der Waals surface area contributed by atoms with E-state index in [1.54, 1.807) is 18.2 Å². The third-order valence-electron chi connectivity index (χ3n) is 2.76. The van der Waals surface area contributed by atoms with E-state index in [-0.39, 0.29) is 18.4 Å². The van der Waals surface area contributed by atoms with E-state index in [0.717, 1.165) is 24.0 Å². The number of rotatable bonds is 3. The molecule has 14 heavy (non-hydrogen) atoms. The summed E-state index contributed by atoms with van der Waals surface area (Å²) in [6.07, 6.45) is 2.29. The van der Waals surface area contributed by atoms with Gasteiger partial charge in [-0.05, 0) is 36.5 Å². The van der Waals surface area contributed by atoms with Crippen LogP contribution in [0.3, 0.4) is 0 Å². The third-order valence-corrected chi connectivity index (χ3v) is 2.76. The lowest BCUT2D eigenvalue weighted by Gasteiger charge is -2.13. The maximum Gasteiger partial charge on any atom is 0.120 e. The molecule has 2 rings (SSSR count). The third kappa shape index (κ3) is 1.74. The minimum atomic E-state index is -0.0819. The number of hydrogen-bond acceptors (Lipinski definition) is 3. The van der Waals surface area contributed by atoms with Gasteiger partial charge in [-0.15, -0.1) is 0 Å². The first kappa shape index (κ1) is 9.49. The van der Waals surface area contributed by atoms with Crippen LogP contribution in [0.15, 0.2) is 18.2 Å². The molecule has 0 radical (unpaired) electrons. The van der Waals surface area contributed by atoms with Crippen LogP contribution in [0.5, 0.6) is 5.75 Å². The molecule has 0 heterocycles. The molecule has 3 heteroatoms. The van der Waals surface area contributed by atoms with E-state index >= 15 is 0 Å². The Labute approximate surface area is 83.2 Å². The zero-order valence-electron chi connectivity index (χ0n) is 7.98. The maximum atomic E-state index is 9.62. The predicted molar refractivity (Wildman–Crippen MR) is 53.7 cm³/mol. The smallest absolute Gasteiger partial charge is 0.120 e. The Morgan fingerprint density at radius 1 is 1.43 bits per heavy atom. The molecule has 1 fully saturated rings. The molecular formula is C11H15NO2. The van der Waals surface area contributed by atoms with Crippen LogP contribution in [0.1, 0.15) is 30.0 Å². The highest BCUT2D eigenvalue weighted by Crippen LogP contribution is 2.41. The van der Waals surface area contributed by atoms with Crippen molar-refractivity contribution in [3.63, 3.8) is 0 Å². The largest absolute Gasteiger partial charge is 0.508 e. The Bertz CT molecular complexity index is 334. The van der Waals surface area contributed by atoms with Gasteiger partial charge in [0.2, 0.25) is 0 Å². The van der Waals surface area contributed by atoms with Gasteiger partial charge in [-0.25, -0.2) is 0 Å². The van der Waals surface area contributed by atoms with Gasteiger partial charge in [0.15, 0.2) is 0 Å². The second-order valence-corrected chi connectivity index (χ2v) is 3.91. The van der Waals surface area contributed by atoms with Gasteiger partial charge in [0.25, 0.3) is 0 Å². The molecule has 0 amide bonds. The minimum absolute atomic E-state index is 0.00926. The van der Waals surface area contributed by atoms with Crippen LogP contribution in [0.2, 0.25) is 0 Å². The number of hydrogen-bond donors (Lipinski definition) is 3. The number of nitrogens with two attached hydrogens (primary N) is 1. The lowest BCUT2D eigenvalue weighted by Crippen LogP contribution is -2.12. The predicted octanol–water partition coefficient (Wildman–Crippen LogP) is 1.29. The molecule has 1 aromatic rings. The molecule has 1 unspecified atom stereocenters. The highest BCUT2D eigenvalue weighted by molar-refractivity contribution is 5.38. The fraction of sp³-hybridized carbons (Fsp3) is 0.455. The number of benzene rings is 1. The average molecular weight is 193 g/mol. The van der Waals surface area contributed by atoms with Crippen molar-refractivity contribution in [3.05, 3.63) is 29.3 Å². The summed E-state index contributed by atoms with van der Waals surface area (Å²) in [4.78, 5) is 0. The Kier molecular flexibility index (Phi) is 2.44. The van der Waals surface area contributed by atoms with Crippen LogP contribution in [0, 0.1) is 5.92 Å². The summed E-state index contributed by atoms with van der Waals surface area (Å²) < 4.78 is 0. The van der Waals surface area contributed by atoms with Gasteiger partial charge >= 0.3 is 0 Å². The van der Waals surface area contributed by atoms with Crippen molar-refractivity contribution in [3.8, 4) is 5.75 Å². The number of phenols is 1. The van der Waals surface area contributed by atoms with Gasteiger partial charge in [-0.2, -0.15) is 0 Å². The average Bonchev–Trinajstić information content (AvgIpc) is 3.01. The normalized spacial score (nSPS) is 18.1. The first-order chi connectivity index (χ1) is 6.72. The van der Waals surface area contributed by atoms with E-state index in [1.165, 1.54) is 0 Å². The van der Waals surface area contributed by atoms with E-state index < -0.39 is 0 Å². The molecule has 0 aromatic heterocycles. The molecule has 76 valence electrons. The standard InChI is InChI=1S/C11H15NO2/c12-11(8-2-3-8)9-5-7(6-13)1-4-10(9)14/h1,4-5,8,11,13-14H,2-3,6,12H2. The summed E-state index contributed by atoms with van der Waals surface area (Å²) in [5.41, 5.74) is 7.55. The van der Waals surface area contributed by atoms with Crippen LogP contribution < -0.4 is 5.73 Å². The van der Waals surface area contributed by atoms with Crippen molar-refractivity contribution >= 4 is 0 Å². The summed E-state index contributed by atoms with van der Waals surface area (Å²) in [5.74, 6) is 0.747. The molecule has 1 aliphatic carbocycles. The molecule has 3 nitrogen and oxygen atoms in total. The summed E-state index contributed by atoms with van der Waals surface area (Å²) in [5, 5.41) is 18.6. The van der Waals surface area contributed by atoms with E-state index in [2.05, 4.69) is 0 Å². The van der Waals surface area contributed by atoms with Crippen LogP contribution in [-0.4, -0.2) is 10.2 Å². The van der Waals surface area contributed by atoms with Crippen molar-refractivity contribution in [2.45, 2.75) is 25.5 Å². The van der Waals surface area contributed by atoms with Gasteiger partial charge in [0.1, 0.15) is 5.75 Å². The monoisotopic (exact) mass is 193 g/mol. The van der Waals surface area contributed by atoms with Crippen molar-refractivity contribution in [2.24, 2.45) is 11.7 Å². The van der Waals surface area contributed by atoms with Gasteiger partial charge in [-0.3, -0.25) is 0 Å². The lowest BCUT2D eigenvalue weighted by molar-refractivity contribution is 0.281.